The summed E-state index contributed by atoms with van der Waals surface area (Å²) in [7, 11) is 0. The number of H-pyrrole nitrogens is 1. The van der Waals surface area contributed by atoms with E-state index in [0.29, 0.717) is 23.6 Å². The van der Waals surface area contributed by atoms with Crippen LogP contribution in [0.1, 0.15) is 24.4 Å². The minimum Gasteiger partial charge on any atom is -0.475 e. The van der Waals surface area contributed by atoms with Crippen LogP contribution in [0, 0.1) is 28.6 Å². The van der Waals surface area contributed by atoms with Crippen LogP contribution in [0.3, 0.4) is 0 Å². The molecule has 39 heavy (non-hydrogen) atoms. The lowest BCUT2D eigenvalue weighted by Crippen LogP contribution is -2.25. The number of nitrogens with one attached hydrogen (secondary N) is 1. The highest BCUT2D eigenvalue weighted by Gasteiger charge is 2.38. The fourth-order valence-electron chi connectivity index (χ4n) is 4.41. The summed E-state index contributed by atoms with van der Waals surface area (Å²) in [5, 5.41) is 32.0. The van der Waals surface area contributed by atoms with Gasteiger partial charge in [0.2, 0.25) is 0 Å². The molecule has 200 valence electrons. The lowest BCUT2D eigenvalue weighted by Gasteiger charge is -2.24. The second kappa shape index (κ2) is 11.4. The molecule has 1 aliphatic heterocycles. The molecule has 2 atom stereocenters. The maximum absolute atomic E-state index is 10.6. The quantitative estimate of drug-likeness (QED) is 0.363. The Hall–Kier alpha value is -4.69. The third-order valence-electron chi connectivity index (χ3n) is 6.21. The molecule has 1 saturated heterocycles. The Morgan fingerprint density at radius 2 is 2.05 bits per heavy atom. The monoisotopic (exact) mass is 557 g/mol. The van der Waals surface area contributed by atoms with Crippen molar-refractivity contribution in [3.05, 3.63) is 54.0 Å². The van der Waals surface area contributed by atoms with E-state index >= 15 is 0 Å². The van der Waals surface area contributed by atoms with Gasteiger partial charge in [-0.3, -0.25) is 9.67 Å². The van der Waals surface area contributed by atoms with Gasteiger partial charge in [0.25, 0.3) is 0 Å². The van der Waals surface area contributed by atoms with Gasteiger partial charge < -0.3 is 15.0 Å². The van der Waals surface area contributed by atoms with E-state index in [2.05, 4.69) is 42.1 Å². The predicted molar refractivity (Wildman–Crippen MR) is 132 cm³/mol. The summed E-state index contributed by atoms with van der Waals surface area (Å²) in [6, 6.07) is 6.33. The van der Waals surface area contributed by atoms with Gasteiger partial charge in [0.1, 0.15) is 18.0 Å². The number of aliphatic carboxylic acids is 1. The highest BCUT2D eigenvalue weighted by atomic mass is 35.5. The van der Waals surface area contributed by atoms with E-state index in [1.165, 1.54) is 12.5 Å². The normalized spacial score (nSPS) is 15.7. The largest absolute Gasteiger partial charge is 0.490 e. The Kier molecular flexibility index (Phi) is 7.97. The maximum Gasteiger partial charge on any atom is 0.490 e. The molecule has 0 aromatic carbocycles. The molecule has 0 aliphatic carbocycles. The Morgan fingerprint density at radius 1 is 1.28 bits per heavy atom. The summed E-state index contributed by atoms with van der Waals surface area (Å²) in [4.78, 5) is 26.9. The summed E-state index contributed by atoms with van der Waals surface area (Å²) in [5.74, 6) is -2.57. The van der Waals surface area contributed by atoms with Crippen LogP contribution in [-0.2, 0) is 4.79 Å². The van der Waals surface area contributed by atoms with Crippen molar-refractivity contribution >= 4 is 34.3 Å². The molecule has 0 amide bonds. The van der Waals surface area contributed by atoms with Crippen LogP contribution >= 0.6 is 11.6 Å². The number of alkyl halides is 3. The molecule has 0 radical (unpaired) electrons. The minimum absolute atomic E-state index is 0.0972. The van der Waals surface area contributed by atoms with Gasteiger partial charge in [-0.25, -0.2) is 14.8 Å². The molecular weight excluding hydrogens is 539 g/mol. The van der Waals surface area contributed by atoms with Crippen molar-refractivity contribution in [2.24, 2.45) is 5.92 Å². The lowest BCUT2D eigenvalue weighted by atomic mass is 9.96. The third kappa shape index (κ3) is 5.91. The van der Waals surface area contributed by atoms with Gasteiger partial charge in [-0.2, -0.15) is 28.8 Å². The van der Waals surface area contributed by atoms with Crippen LogP contribution in [0.2, 0.25) is 5.02 Å². The summed E-state index contributed by atoms with van der Waals surface area (Å²) >= 11 is 6.17. The number of nitrogens with zero attached hydrogens (tertiary/aromatic N) is 8. The Labute approximate surface area is 224 Å². The molecule has 0 unspecified atom stereocenters. The van der Waals surface area contributed by atoms with Gasteiger partial charge in [0.05, 0.1) is 52.9 Å². The summed E-state index contributed by atoms with van der Waals surface area (Å²) < 4.78 is 33.6. The molecule has 1 aliphatic rings. The zero-order valence-electron chi connectivity index (χ0n) is 20.0. The molecule has 0 bridgehead atoms. The second-order valence-electron chi connectivity index (χ2n) is 8.53. The average Bonchev–Trinajstić information content (AvgIpc) is 3.68. The number of nitriles is 2. The summed E-state index contributed by atoms with van der Waals surface area (Å²) in [6.07, 6.45) is 6.36. The molecule has 5 rings (SSSR count). The third-order valence-corrected chi connectivity index (χ3v) is 6.50. The van der Waals surface area contributed by atoms with Crippen molar-refractivity contribution in [2.45, 2.75) is 25.1 Å². The van der Waals surface area contributed by atoms with E-state index in [1.54, 1.807) is 12.4 Å². The number of hydrogen-bond acceptors (Lipinski definition) is 8. The van der Waals surface area contributed by atoms with Gasteiger partial charge in [-0.05, 0) is 12.5 Å². The topological polar surface area (TPSA) is 160 Å². The van der Waals surface area contributed by atoms with Gasteiger partial charge in [-0.15, -0.1) is 0 Å². The average molecular weight is 558 g/mol. The first-order chi connectivity index (χ1) is 18.6. The van der Waals surface area contributed by atoms with E-state index in [-0.39, 0.29) is 12.0 Å². The van der Waals surface area contributed by atoms with Crippen molar-refractivity contribution in [1.82, 2.24) is 29.7 Å². The molecule has 2 N–H and O–H groups in total. The molecular formula is C24H19ClF3N9O2. The molecule has 1 fully saturated rings. The molecule has 15 heteroatoms. The van der Waals surface area contributed by atoms with E-state index < -0.39 is 12.1 Å². The van der Waals surface area contributed by atoms with Crippen molar-refractivity contribution in [1.29, 1.82) is 10.5 Å². The first-order valence-corrected chi connectivity index (χ1v) is 11.8. The minimum atomic E-state index is -5.08. The first-order valence-electron chi connectivity index (χ1n) is 11.4. The van der Waals surface area contributed by atoms with E-state index in [9.17, 15) is 23.7 Å². The standard InChI is InChI=1S/C22H18ClN9.C2HF3O2/c23-18-9-26-10-20(17(18)7-25)31-6-3-14(11-31)19(1-4-24)32-12-15(8-30-32)21-16-2-5-27-22(16)29-13-28-21;3-2(4,5)1(6)7/h2,5,8-10,12-14,19H,1,3,6,11H2,(H,27,28,29);(H,6,7)/t14-,19-;/m0./s1. The van der Waals surface area contributed by atoms with Gasteiger partial charge >= 0.3 is 12.1 Å². The Bertz CT molecular complexity index is 1570. The van der Waals surface area contributed by atoms with Crippen LogP contribution in [0.4, 0.5) is 18.9 Å². The molecule has 0 spiro atoms. The number of carboxylic acids is 1. The highest BCUT2D eigenvalue weighted by Crippen LogP contribution is 2.36. The fourth-order valence-corrected chi connectivity index (χ4v) is 4.60. The van der Waals surface area contributed by atoms with E-state index in [1.807, 2.05) is 23.1 Å². The molecule has 11 nitrogen and oxygen atoms in total. The Morgan fingerprint density at radius 3 is 2.74 bits per heavy atom. The number of hydrogen-bond donors (Lipinski definition) is 2. The number of fused-ring (bicyclic) bond motifs is 1. The number of carbonyl (C=O) groups is 1. The van der Waals surface area contributed by atoms with Crippen molar-refractivity contribution in [3.63, 3.8) is 0 Å². The van der Waals surface area contributed by atoms with E-state index in [4.69, 9.17) is 21.5 Å². The number of anilines is 1. The first kappa shape index (κ1) is 27.3. The van der Waals surface area contributed by atoms with Gasteiger partial charge in [-0.1, -0.05) is 11.6 Å². The van der Waals surface area contributed by atoms with Crippen molar-refractivity contribution in [2.75, 3.05) is 18.0 Å². The summed E-state index contributed by atoms with van der Waals surface area (Å²) in [5.41, 5.74) is 3.61. The smallest absolute Gasteiger partial charge is 0.475 e. The van der Waals surface area contributed by atoms with Gasteiger partial charge in [0, 0.05) is 48.5 Å². The molecule has 5 heterocycles. The number of aromatic nitrogens is 6. The van der Waals surface area contributed by atoms with Crippen LogP contribution < -0.4 is 4.90 Å². The maximum atomic E-state index is 10.6. The number of rotatable bonds is 5. The van der Waals surface area contributed by atoms with Crippen LogP contribution in [-0.4, -0.2) is 60.1 Å². The van der Waals surface area contributed by atoms with Crippen LogP contribution in [0.5, 0.6) is 0 Å². The number of carboxylic acid groups (broad SMARTS) is 1. The zero-order chi connectivity index (χ0) is 28.2. The van der Waals surface area contributed by atoms with E-state index in [0.717, 1.165) is 40.9 Å². The zero-order valence-corrected chi connectivity index (χ0v) is 20.7. The predicted octanol–water partition coefficient (Wildman–Crippen LogP) is 4.36. The van der Waals surface area contributed by atoms with Crippen molar-refractivity contribution < 1.29 is 23.1 Å². The molecule has 4 aromatic rings. The lowest BCUT2D eigenvalue weighted by molar-refractivity contribution is -0.192. The summed E-state index contributed by atoms with van der Waals surface area (Å²) in [6.45, 7) is 1.45. The van der Waals surface area contributed by atoms with Crippen LogP contribution in [0.25, 0.3) is 22.3 Å². The SMILES string of the molecule is N#CC[C@@H]([C@H]1CCN(c2cncc(Cl)c2C#N)C1)n1cc(-c2ncnc3[nH]ccc23)cn1.O=C(O)C(F)(F)F. The van der Waals surface area contributed by atoms with Crippen LogP contribution in [0.15, 0.2) is 43.4 Å². The molecule has 0 saturated carbocycles. The highest BCUT2D eigenvalue weighted by molar-refractivity contribution is 6.32. The number of pyridine rings is 1. The number of aromatic amines is 1. The fraction of sp³-hybridized carbons (Fsp3) is 0.292. The Balaban J connectivity index is 0.000000448. The second-order valence-corrected chi connectivity index (χ2v) is 8.93. The van der Waals surface area contributed by atoms with Gasteiger partial charge in [0.15, 0.2) is 0 Å². The number of halogens is 4. The molecule has 4 aromatic heterocycles. The van der Waals surface area contributed by atoms with Crippen molar-refractivity contribution in [3.8, 4) is 23.4 Å².